The Labute approximate surface area is 179 Å². The lowest BCUT2D eigenvalue weighted by Crippen LogP contribution is -2.30. The minimum absolute atomic E-state index is 0.488. The zero-order chi connectivity index (χ0) is 20.9. The van der Waals surface area contributed by atoms with Crippen LogP contribution in [0.5, 0.6) is 0 Å². The zero-order valence-corrected chi connectivity index (χ0v) is 16.7. The predicted octanol–water partition coefficient (Wildman–Crippen LogP) is 5.04. The minimum Gasteiger partial charge on any atom is -0.423 e. The highest BCUT2D eigenvalue weighted by molar-refractivity contribution is 6.63. The number of hydrogen-bond donors (Lipinski definition) is 2. The largest absolute Gasteiger partial charge is 0.489 e. The van der Waals surface area contributed by atoms with Gasteiger partial charge in [0, 0.05) is 21.7 Å². The van der Waals surface area contributed by atoms with Crippen LogP contribution in [0.15, 0.2) is 97.1 Å². The van der Waals surface area contributed by atoms with Crippen molar-refractivity contribution in [1.29, 1.82) is 0 Å². The molecule has 0 aliphatic heterocycles. The molecule has 5 aromatic carbocycles. The van der Waals surface area contributed by atoms with E-state index in [1.165, 1.54) is 5.39 Å². The summed E-state index contributed by atoms with van der Waals surface area (Å²) in [5.41, 5.74) is 3.25. The quantitative estimate of drug-likeness (QED) is 0.317. The summed E-state index contributed by atoms with van der Waals surface area (Å²) >= 11 is 0. The summed E-state index contributed by atoms with van der Waals surface area (Å²) in [5, 5.41) is 27.5. The van der Waals surface area contributed by atoms with Gasteiger partial charge >= 0.3 is 7.12 Å². The van der Waals surface area contributed by atoms with E-state index >= 15 is 0 Å². The van der Waals surface area contributed by atoms with Crippen molar-refractivity contribution >= 4 is 55.8 Å². The first-order valence-electron chi connectivity index (χ1n) is 10.3. The molecule has 0 amide bonds. The second kappa shape index (κ2) is 6.91. The summed E-state index contributed by atoms with van der Waals surface area (Å²) in [4.78, 5) is 5.02. The number of nitrogens with zero attached hydrogens (tertiary/aromatic N) is 1. The number of pyridine rings is 1. The van der Waals surface area contributed by atoms with Crippen LogP contribution in [0.2, 0.25) is 0 Å². The lowest BCUT2D eigenvalue weighted by molar-refractivity contribution is 0.426. The van der Waals surface area contributed by atoms with E-state index in [1.807, 2.05) is 60.7 Å². The first kappa shape index (κ1) is 18.1. The van der Waals surface area contributed by atoms with E-state index in [-0.39, 0.29) is 0 Å². The van der Waals surface area contributed by atoms with Crippen molar-refractivity contribution < 1.29 is 10.0 Å². The Kier molecular flexibility index (Phi) is 4.03. The van der Waals surface area contributed by atoms with Gasteiger partial charge in [-0.2, -0.15) is 0 Å². The Hall–Kier alpha value is -3.73. The first-order chi connectivity index (χ1) is 15.2. The average molecular weight is 399 g/mol. The fourth-order valence-electron chi connectivity index (χ4n) is 4.61. The van der Waals surface area contributed by atoms with E-state index in [2.05, 4.69) is 36.4 Å². The normalized spacial score (nSPS) is 11.5. The average Bonchev–Trinajstić information content (AvgIpc) is 2.82. The Bertz CT molecular complexity index is 1620. The van der Waals surface area contributed by atoms with Crippen LogP contribution in [0.4, 0.5) is 0 Å². The van der Waals surface area contributed by atoms with Crippen molar-refractivity contribution in [2.24, 2.45) is 0 Å². The molecule has 0 bridgehead atoms. The first-order valence-corrected chi connectivity index (χ1v) is 10.3. The third-order valence-electron chi connectivity index (χ3n) is 6.04. The van der Waals surface area contributed by atoms with Crippen LogP contribution >= 0.6 is 0 Å². The van der Waals surface area contributed by atoms with E-state index in [9.17, 15) is 10.0 Å². The maximum atomic E-state index is 10.1. The molecule has 0 atom stereocenters. The monoisotopic (exact) mass is 399 g/mol. The maximum absolute atomic E-state index is 10.1. The van der Waals surface area contributed by atoms with Crippen LogP contribution in [-0.4, -0.2) is 22.2 Å². The molecule has 31 heavy (non-hydrogen) atoms. The van der Waals surface area contributed by atoms with Crippen LogP contribution in [-0.2, 0) is 0 Å². The minimum atomic E-state index is -1.56. The molecule has 0 aliphatic carbocycles. The third kappa shape index (κ3) is 2.81. The molecule has 1 aromatic heterocycles. The number of para-hydroxylation sites is 1. The summed E-state index contributed by atoms with van der Waals surface area (Å²) in [6.07, 6.45) is 0. The number of benzene rings is 5. The Morgan fingerprint density at radius 3 is 2.06 bits per heavy atom. The molecule has 0 saturated carbocycles. The van der Waals surface area contributed by atoms with Gasteiger partial charge in [-0.05, 0) is 39.1 Å². The predicted molar refractivity (Wildman–Crippen MR) is 130 cm³/mol. The number of fused-ring (bicyclic) bond motifs is 6. The smallest absolute Gasteiger partial charge is 0.423 e. The molecule has 0 saturated heterocycles. The van der Waals surface area contributed by atoms with Crippen molar-refractivity contribution in [3.8, 4) is 11.3 Å². The van der Waals surface area contributed by atoms with Gasteiger partial charge in [-0.1, -0.05) is 84.9 Å². The summed E-state index contributed by atoms with van der Waals surface area (Å²) in [5.74, 6) is 0. The van der Waals surface area contributed by atoms with Gasteiger partial charge in [0.05, 0.1) is 11.2 Å². The molecular weight excluding hydrogens is 381 g/mol. The second-order valence-electron chi connectivity index (χ2n) is 7.85. The van der Waals surface area contributed by atoms with Gasteiger partial charge in [0.25, 0.3) is 0 Å². The van der Waals surface area contributed by atoms with Gasteiger partial charge in [0.2, 0.25) is 0 Å². The Balaban J connectivity index is 1.82. The van der Waals surface area contributed by atoms with Crippen molar-refractivity contribution in [3.05, 3.63) is 97.1 Å². The molecule has 1 heterocycles. The topological polar surface area (TPSA) is 53.4 Å². The molecule has 0 aliphatic rings. The van der Waals surface area contributed by atoms with Crippen LogP contribution in [0.1, 0.15) is 0 Å². The fourth-order valence-corrected chi connectivity index (χ4v) is 4.61. The van der Waals surface area contributed by atoms with Crippen LogP contribution < -0.4 is 5.46 Å². The maximum Gasteiger partial charge on any atom is 0.489 e. The van der Waals surface area contributed by atoms with Crippen molar-refractivity contribution in [2.45, 2.75) is 0 Å². The molecule has 0 fully saturated rings. The van der Waals surface area contributed by atoms with E-state index < -0.39 is 7.12 Å². The van der Waals surface area contributed by atoms with E-state index in [0.717, 1.165) is 49.1 Å². The van der Waals surface area contributed by atoms with Crippen LogP contribution in [0, 0.1) is 0 Å². The number of aromatic nitrogens is 1. The molecule has 0 spiro atoms. The van der Waals surface area contributed by atoms with Gasteiger partial charge in [-0.25, -0.2) is 4.98 Å². The highest BCUT2D eigenvalue weighted by atomic mass is 16.4. The molecule has 146 valence electrons. The third-order valence-corrected chi connectivity index (χ3v) is 6.04. The molecule has 6 rings (SSSR count). The SMILES string of the molecule is OB(O)c1cc2c(-c3ccc4ccccc4c3)nc3ccccc3c2c2ccccc12. The van der Waals surface area contributed by atoms with E-state index in [1.54, 1.807) is 0 Å². The molecule has 0 radical (unpaired) electrons. The standard InChI is InChI=1S/C27H18BNO2/c30-28(31)24-16-23-26(21-10-4-3-9-20(21)24)22-11-5-6-12-25(22)29-27(23)19-14-13-17-7-1-2-8-18(17)15-19/h1-16,30-31H. The molecule has 6 aromatic rings. The summed E-state index contributed by atoms with van der Waals surface area (Å²) in [7, 11) is -1.56. The molecular formula is C27H18BNO2. The Morgan fingerprint density at radius 1 is 0.581 bits per heavy atom. The van der Waals surface area contributed by atoms with Crippen LogP contribution in [0.3, 0.4) is 0 Å². The van der Waals surface area contributed by atoms with Gasteiger partial charge in [0.1, 0.15) is 0 Å². The van der Waals surface area contributed by atoms with Crippen molar-refractivity contribution in [1.82, 2.24) is 4.98 Å². The number of hydrogen-bond acceptors (Lipinski definition) is 3. The van der Waals surface area contributed by atoms with Gasteiger partial charge in [0.15, 0.2) is 0 Å². The molecule has 0 unspecified atom stereocenters. The summed E-state index contributed by atoms with van der Waals surface area (Å²) in [6, 6.07) is 32.5. The zero-order valence-electron chi connectivity index (χ0n) is 16.7. The lowest BCUT2D eigenvalue weighted by Gasteiger charge is -2.16. The van der Waals surface area contributed by atoms with Crippen molar-refractivity contribution in [2.75, 3.05) is 0 Å². The molecule has 4 heteroatoms. The highest BCUT2D eigenvalue weighted by Crippen LogP contribution is 2.37. The van der Waals surface area contributed by atoms with Crippen LogP contribution in [0.25, 0.3) is 54.5 Å². The van der Waals surface area contributed by atoms with Gasteiger partial charge in [-0.3, -0.25) is 0 Å². The Morgan fingerprint density at radius 2 is 1.26 bits per heavy atom. The van der Waals surface area contributed by atoms with E-state index in [4.69, 9.17) is 4.98 Å². The lowest BCUT2D eigenvalue weighted by atomic mass is 9.75. The van der Waals surface area contributed by atoms with Gasteiger partial charge in [-0.15, -0.1) is 0 Å². The summed E-state index contributed by atoms with van der Waals surface area (Å²) < 4.78 is 0. The fraction of sp³-hybridized carbons (Fsp3) is 0. The molecule has 2 N–H and O–H groups in total. The van der Waals surface area contributed by atoms with Gasteiger partial charge < -0.3 is 10.0 Å². The number of rotatable bonds is 2. The molecule has 3 nitrogen and oxygen atoms in total. The second-order valence-corrected chi connectivity index (χ2v) is 7.85. The summed E-state index contributed by atoms with van der Waals surface area (Å²) in [6.45, 7) is 0. The van der Waals surface area contributed by atoms with E-state index in [0.29, 0.717) is 5.46 Å². The highest BCUT2D eigenvalue weighted by Gasteiger charge is 2.20. The van der Waals surface area contributed by atoms with Crippen molar-refractivity contribution in [3.63, 3.8) is 0 Å².